The van der Waals surface area contributed by atoms with E-state index in [1.165, 1.54) is 44.3 Å². The molecule has 0 amide bonds. The lowest BCUT2D eigenvalue weighted by molar-refractivity contribution is 0.125. The van der Waals surface area contributed by atoms with Crippen molar-refractivity contribution in [3.05, 3.63) is 29.8 Å². The van der Waals surface area contributed by atoms with E-state index in [4.69, 9.17) is 4.74 Å². The summed E-state index contributed by atoms with van der Waals surface area (Å²) < 4.78 is 5.42. The second-order valence-corrected chi connectivity index (χ2v) is 6.05. The molecular formula is C17H28Cl2N2O. The first-order chi connectivity index (χ1) is 9.88. The molecule has 22 heavy (non-hydrogen) atoms. The zero-order valence-corrected chi connectivity index (χ0v) is 14.9. The third-order valence-electron chi connectivity index (χ3n) is 4.83. The van der Waals surface area contributed by atoms with E-state index in [2.05, 4.69) is 28.4 Å². The van der Waals surface area contributed by atoms with Gasteiger partial charge in [0.1, 0.15) is 5.75 Å². The maximum atomic E-state index is 5.42. The van der Waals surface area contributed by atoms with Crippen LogP contribution in [0.25, 0.3) is 0 Å². The molecule has 0 radical (unpaired) electrons. The highest BCUT2D eigenvalue weighted by atomic mass is 35.5. The number of nitrogens with zero attached hydrogens (tertiary/aromatic N) is 1. The van der Waals surface area contributed by atoms with Crippen LogP contribution in [0.15, 0.2) is 24.3 Å². The first kappa shape index (κ1) is 19.6. The van der Waals surface area contributed by atoms with Gasteiger partial charge in [0, 0.05) is 32.2 Å². The highest BCUT2D eigenvalue weighted by Crippen LogP contribution is 2.40. The van der Waals surface area contributed by atoms with Crippen molar-refractivity contribution in [2.75, 3.05) is 33.3 Å². The molecule has 126 valence electrons. The van der Waals surface area contributed by atoms with Gasteiger partial charge in [-0.15, -0.1) is 24.8 Å². The SMILES string of the molecule is COc1cccc([C@@H](C2CCCC2)N2CCNCC2)c1.Cl.Cl. The van der Waals surface area contributed by atoms with Crippen molar-refractivity contribution in [3.63, 3.8) is 0 Å². The lowest BCUT2D eigenvalue weighted by atomic mass is 9.89. The molecule has 0 bridgehead atoms. The minimum atomic E-state index is 0. The van der Waals surface area contributed by atoms with Crippen molar-refractivity contribution < 1.29 is 4.74 Å². The number of piperazine rings is 1. The van der Waals surface area contributed by atoms with Crippen LogP contribution in [0, 0.1) is 5.92 Å². The molecule has 0 spiro atoms. The standard InChI is InChI=1S/C17H26N2O.2ClH/c1-20-16-8-4-7-15(13-16)17(14-5-2-3-6-14)19-11-9-18-10-12-19;;/h4,7-8,13-14,17-18H,2-3,5-6,9-12H2,1H3;2*1H/t17-;;/m1../s1. The lowest BCUT2D eigenvalue weighted by Gasteiger charge is -2.38. The Labute approximate surface area is 146 Å². The van der Waals surface area contributed by atoms with Crippen LogP contribution in [0.1, 0.15) is 37.3 Å². The van der Waals surface area contributed by atoms with Crippen LogP contribution in [-0.2, 0) is 0 Å². The van der Waals surface area contributed by atoms with Gasteiger partial charge in [0.25, 0.3) is 0 Å². The lowest BCUT2D eigenvalue weighted by Crippen LogP contribution is -2.46. The largest absolute Gasteiger partial charge is 0.497 e. The monoisotopic (exact) mass is 346 g/mol. The second-order valence-electron chi connectivity index (χ2n) is 6.05. The van der Waals surface area contributed by atoms with Crippen LogP contribution in [0.2, 0.25) is 0 Å². The number of benzene rings is 1. The Morgan fingerprint density at radius 1 is 1.14 bits per heavy atom. The first-order valence-corrected chi connectivity index (χ1v) is 7.97. The fraction of sp³-hybridized carbons (Fsp3) is 0.647. The van der Waals surface area contributed by atoms with Gasteiger partial charge in [0.05, 0.1) is 7.11 Å². The molecule has 1 heterocycles. The fourth-order valence-corrected chi connectivity index (χ4v) is 3.84. The summed E-state index contributed by atoms with van der Waals surface area (Å²) in [7, 11) is 1.76. The third kappa shape index (κ3) is 4.51. The van der Waals surface area contributed by atoms with E-state index in [0.29, 0.717) is 6.04 Å². The Hall–Kier alpha value is -0.480. The summed E-state index contributed by atoms with van der Waals surface area (Å²) in [6.07, 6.45) is 5.56. The van der Waals surface area contributed by atoms with Gasteiger partial charge in [-0.25, -0.2) is 0 Å². The topological polar surface area (TPSA) is 24.5 Å². The summed E-state index contributed by atoms with van der Waals surface area (Å²) in [4.78, 5) is 2.68. The Morgan fingerprint density at radius 2 is 1.82 bits per heavy atom. The quantitative estimate of drug-likeness (QED) is 0.899. The van der Waals surface area contributed by atoms with Crippen LogP contribution < -0.4 is 10.1 Å². The van der Waals surface area contributed by atoms with Crippen molar-refractivity contribution in [2.24, 2.45) is 5.92 Å². The van der Waals surface area contributed by atoms with Gasteiger partial charge in [-0.1, -0.05) is 25.0 Å². The maximum absolute atomic E-state index is 5.42. The summed E-state index contributed by atoms with van der Waals surface area (Å²) >= 11 is 0. The van der Waals surface area contributed by atoms with Crippen LogP contribution >= 0.6 is 24.8 Å². The smallest absolute Gasteiger partial charge is 0.119 e. The van der Waals surface area contributed by atoms with E-state index in [9.17, 15) is 0 Å². The number of ether oxygens (including phenoxy) is 1. The molecule has 3 nitrogen and oxygen atoms in total. The summed E-state index contributed by atoms with van der Waals surface area (Å²) in [6, 6.07) is 9.29. The van der Waals surface area contributed by atoms with Crippen LogP contribution in [-0.4, -0.2) is 38.2 Å². The molecule has 1 aliphatic heterocycles. The molecule has 1 aromatic rings. The average molecular weight is 347 g/mol. The van der Waals surface area contributed by atoms with Gasteiger partial charge < -0.3 is 10.1 Å². The zero-order valence-electron chi connectivity index (χ0n) is 13.3. The Balaban J connectivity index is 0.00000121. The normalized spacial score (nSPS) is 20.8. The molecular weight excluding hydrogens is 319 g/mol. The summed E-state index contributed by atoms with van der Waals surface area (Å²) in [5.41, 5.74) is 1.44. The van der Waals surface area contributed by atoms with Gasteiger partial charge in [0.15, 0.2) is 0 Å². The van der Waals surface area contributed by atoms with Crippen molar-refractivity contribution in [3.8, 4) is 5.75 Å². The predicted molar refractivity (Wildman–Crippen MR) is 96.6 cm³/mol. The molecule has 2 fully saturated rings. The van der Waals surface area contributed by atoms with E-state index < -0.39 is 0 Å². The van der Waals surface area contributed by atoms with Crippen LogP contribution in [0.3, 0.4) is 0 Å². The van der Waals surface area contributed by atoms with Crippen molar-refractivity contribution >= 4 is 24.8 Å². The molecule has 0 unspecified atom stereocenters. The molecule has 1 N–H and O–H groups in total. The number of hydrogen-bond donors (Lipinski definition) is 1. The summed E-state index contributed by atoms with van der Waals surface area (Å²) in [6.45, 7) is 4.57. The fourth-order valence-electron chi connectivity index (χ4n) is 3.84. The number of hydrogen-bond acceptors (Lipinski definition) is 3. The van der Waals surface area contributed by atoms with Gasteiger partial charge in [0.2, 0.25) is 0 Å². The zero-order chi connectivity index (χ0) is 13.8. The molecule has 1 aromatic carbocycles. The highest BCUT2D eigenvalue weighted by Gasteiger charge is 2.31. The molecule has 0 aromatic heterocycles. The van der Waals surface area contributed by atoms with E-state index in [1.54, 1.807) is 7.11 Å². The van der Waals surface area contributed by atoms with Crippen molar-refractivity contribution in [1.29, 1.82) is 0 Å². The van der Waals surface area contributed by atoms with E-state index in [1.807, 2.05) is 6.07 Å². The van der Waals surface area contributed by atoms with Crippen LogP contribution in [0.5, 0.6) is 5.75 Å². The van der Waals surface area contributed by atoms with Crippen molar-refractivity contribution in [1.82, 2.24) is 10.2 Å². The van der Waals surface area contributed by atoms with Gasteiger partial charge in [-0.3, -0.25) is 4.90 Å². The van der Waals surface area contributed by atoms with E-state index >= 15 is 0 Å². The predicted octanol–water partition coefficient (Wildman–Crippen LogP) is 3.68. The summed E-state index contributed by atoms with van der Waals surface area (Å²) in [5.74, 6) is 1.81. The van der Waals surface area contributed by atoms with E-state index in [-0.39, 0.29) is 24.8 Å². The van der Waals surface area contributed by atoms with Gasteiger partial charge in [-0.05, 0) is 36.5 Å². The Bertz CT molecular complexity index is 432. The summed E-state index contributed by atoms with van der Waals surface area (Å²) in [5, 5.41) is 3.47. The molecule has 1 saturated heterocycles. The molecule has 2 aliphatic rings. The number of methoxy groups -OCH3 is 1. The minimum Gasteiger partial charge on any atom is -0.497 e. The molecule has 1 atom stereocenters. The van der Waals surface area contributed by atoms with Gasteiger partial charge >= 0.3 is 0 Å². The molecule has 1 aliphatic carbocycles. The molecule has 1 saturated carbocycles. The van der Waals surface area contributed by atoms with Crippen LogP contribution in [0.4, 0.5) is 0 Å². The van der Waals surface area contributed by atoms with E-state index in [0.717, 1.165) is 24.8 Å². The van der Waals surface area contributed by atoms with Gasteiger partial charge in [-0.2, -0.15) is 0 Å². The number of nitrogens with one attached hydrogen (secondary N) is 1. The van der Waals surface area contributed by atoms with Crippen molar-refractivity contribution in [2.45, 2.75) is 31.7 Å². The third-order valence-corrected chi connectivity index (χ3v) is 4.83. The first-order valence-electron chi connectivity index (χ1n) is 7.97. The number of rotatable bonds is 4. The molecule has 5 heteroatoms. The number of halogens is 2. The second kappa shape index (κ2) is 9.61. The highest BCUT2D eigenvalue weighted by molar-refractivity contribution is 5.85. The maximum Gasteiger partial charge on any atom is 0.119 e. The minimum absolute atomic E-state index is 0. The molecule has 3 rings (SSSR count). The Morgan fingerprint density at radius 3 is 2.45 bits per heavy atom. The average Bonchev–Trinajstić information content (AvgIpc) is 3.03. The Kier molecular flexibility index (Phi) is 8.55.